The molecule has 2 N–H and O–H groups in total. The molecule has 1 heterocycles. The van der Waals surface area contributed by atoms with E-state index in [1.807, 2.05) is 0 Å². The molecule has 1 aromatic carbocycles. The van der Waals surface area contributed by atoms with Gasteiger partial charge in [-0.25, -0.2) is 17.5 Å². The van der Waals surface area contributed by atoms with Crippen molar-refractivity contribution in [1.82, 2.24) is 10.0 Å². The highest BCUT2D eigenvalue weighted by molar-refractivity contribution is 7.89. The normalized spacial score (nSPS) is 23.2. The zero-order chi connectivity index (χ0) is 16.7. The van der Waals surface area contributed by atoms with Gasteiger partial charge in [-0.05, 0) is 43.9 Å². The Kier molecular flexibility index (Phi) is 4.05. The molecule has 2 fully saturated rings. The van der Waals surface area contributed by atoms with E-state index in [4.69, 9.17) is 4.74 Å². The molecule has 0 unspecified atom stereocenters. The predicted octanol–water partition coefficient (Wildman–Crippen LogP) is 1.31. The third-order valence-electron chi connectivity index (χ3n) is 4.69. The Balaban J connectivity index is 1.83. The molecule has 1 amide bonds. The Morgan fingerprint density at radius 1 is 1.39 bits per heavy atom. The van der Waals surface area contributed by atoms with Crippen molar-refractivity contribution in [2.45, 2.75) is 48.6 Å². The van der Waals surface area contributed by atoms with Crippen molar-refractivity contribution in [3.05, 3.63) is 24.0 Å². The number of halogens is 1. The Hall–Kier alpha value is -1.67. The van der Waals surface area contributed by atoms with Crippen LogP contribution in [-0.2, 0) is 14.8 Å². The maximum atomic E-state index is 13.8. The number of amides is 1. The fraction of sp³-hybridized carbons (Fsp3) is 0.533. The first-order valence-electron chi connectivity index (χ1n) is 7.53. The van der Waals surface area contributed by atoms with Crippen molar-refractivity contribution >= 4 is 15.9 Å². The van der Waals surface area contributed by atoms with Crippen molar-refractivity contribution < 1.29 is 22.3 Å². The molecule has 23 heavy (non-hydrogen) atoms. The van der Waals surface area contributed by atoms with Gasteiger partial charge in [-0.1, -0.05) is 0 Å². The Labute approximate surface area is 134 Å². The monoisotopic (exact) mass is 342 g/mol. The van der Waals surface area contributed by atoms with Crippen LogP contribution in [0.25, 0.3) is 0 Å². The first-order valence-corrected chi connectivity index (χ1v) is 9.01. The Bertz CT molecular complexity index is 731. The van der Waals surface area contributed by atoms with E-state index >= 15 is 0 Å². The van der Waals surface area contributed by atoms with Crippen LogP contribution >= 0.6 is 0 Å². The molecule has 1 atom stereocenters. The van der Waals surface area contributed by atoms with Crippen molar-refractivity contribution in [3.8, 4) is 5.75 Å². The predicted molar refractivity (Wildman–Crippen MR) is 81.0 cm³/mol. The van der Waals surface area contributed by atoms with E-state index < -0.39 is 21.4 Å². The lowest BCUT2D eigenvalue weighted by atomic mass is 9.68. The van der Waals surface area contributed by atoms with Gasteiger partial charge in [0.25, 0.3) is 0 Å². The van der Waals surface area contributed by atoms with E-state index in [0.29, 0.717) is 6.42 Å². The Morgan fingerprint density at radius 3 is 2.70 bits per heavy atom. The van der Waals surface area contributed by atoms with Crippen LogP contribution in [0.15, 0.2) is 23.1 Å². The topological polar surface area (TPSA) is 84.5 Å². The molecule has 1 saturated carbocycles. The Morgan fingerprint density at radius 2 is 2.13 bits per heavy atom. The summed E-state index contributed by atoms with van der Waals surface area (Å²) in [5, 5.41) is 2.92. The third kappa shape index (κ3) is 2.92. The number of piperidine rings is 1. The van der Waals surface area contributed by atoms with Gasteiger partial charge in [0.1, 0.15) is 0 Å². The molecule has 1 saturated heterocycles. The highest BCUT2D eigenvalue weighted by atomic mass is 32.2. The molecule has 2 aliphatic rings. The van der Waals surface area contributed by atoms with E-state index in [0.717, 1.165) is 25.3 Å². The lowest BCUT2D eigenvalue weighted by Gasteiger charge is -2.50. The number of ether oxygens (including phenoxy) is 1. The summed E-state index contributed by atoms with van der Waals surface area (Å²) in [4.78, 5) is 11.5. The van der Waals surface area contributed by atoms with Gasteiger partial charge >= 0.3 is 0 Å². The molecular weight excluding hydrogens is 323 g/mol. The standard InChI is InChI=1S/C15H19FN2O4S/c1-22-12-4-3-10(9-11(12)16)23(20,21)18-13-5-6-14(19)17-15(13)7-2-8-15/h3-4,9,13,18H,2,5-8H2,1H3,(H,17,19)/t13-/m1/s1. The van der Waals surface area contributed by atoms with Crippen LogP contribution in [0.3, 0.4) is 0 Å². The molecule has 126 valence electrons. The number of hydrogen-bond acceptors (Lipinski definition) is 4. The van der Waals surface area contributed by atoms with E-state index in [9.17, 15) is 17.6 Å². The lowest BCUT2D eigenvalue weighted by molar-refractivity contribution is -0.127. The maximum Gasteiger partial charge on any atom is 0.241 e. The molecule has 8 heteroatoms. The van der Waals surface area contributed by atoms with Crippen molar-refractivity contribution in [2.24, 2.45) is 0 Å². The number of rotatable bonds is 4. The van der Waals surface area contributed by atoms with Crippen molar-refractivity contribution in [1.29, 1.82) is 0 Å². The van der Waals surface area contributed by atoms with Crippen LogP contribution in [-0.4, -0.2) is 33.0 Å². The second kappa shape index (κ2) is 5.76. The first kappa shape index (κ1) is 16.2. The number of carbonyl (C=O) groups is 1. The summed E-state index contributed by atoms with van der Waals surface area (Å²) in [6, 6.07) is 3.16. The maximum absolute atomic E-state index is 13.8. The average molecular weight is 342 g/mol. The molecule has 6 nitrogen and oxygen atoms in total. The molecule has 0 radical (unpaired) electrons. The van der Waals surface area contributed by atoms with Crippen molar-refractivity contribution in [3.63, 3.8) is 0 Å². The smallest absolute Gasteiger partial charge is 0.241 e. The minimum atomic E-state index is -3.87. The summed E-state index contributed by atoms with van der Waals surface area (Å²) < 4.78 is 46.3. The summed E-state index contributed by atoms with van der Waals surface area (Å²) in [6.07, 6.45) is 3.19. The molecule has 1 aliphatic heterocycles. The number of benzene rings is 1. The highest BCUT2D eigenvalue weighted by Crippen LogP contribution is 2.39. The largest absolute Gasteiger partial charge is 0.494 e. The number of hydrogen-bond donors (Lipinski definition) is 2. The van der Waals surface area contributed by atoms with Gasteiger partial charge in [-0.3, -0.25) is 4.79 Å². The van der Waals surface area contributed by atoms with Crippen LogP contribution in [0.5, 0.6) is 5.75 Å². The van der Waals surface area contributed by atoms with Crippen LogP contribution in [0, 0.1) is 5.82 Å². The van der Waals surface area contributed by atoms with Crippen LogP contribution < -0.4 is 14.8 Å². The quantitative estimate of drug-likeness (QED) is 0.864. The average Bonchev–Trinajstić information content (AvgIpc) is 2.47. The second-order valence-corrected chi connectivity index (χ2v) is 7.78. The summed E-state index contributed by atoms with van der Waals surface area (Å²) >= 11 is 0. The van der Waals surface area contributed by atoms with Crippen LogP contribution in [0.2, 0.25) is 0 Å². The molecule has 3 rings (SSSR count). The van der Waals surface area contributed by atoms with Gasteiger partial charge in [0.05, 0.1) is 17.5 Å². The summed E-state index contributed by atoms with van der Waals surface area (Å²) in [5.41, 5.74) is -0.493. The number of nitrogens with one attached hydrogen (secondary N) is 2. The number of methoxy groups -OCH3 is 1. The van der Waals surface area contributed by atoms with Crippen LogP contribution in [0.1, 0.15) is 32.1 Å². The number of sulfonamides is 1. The zero-order valence-corrected chi connectivity index (χ0v) is 13.6. The molecule has 1 spiro atoms. The molecule has 0 aromatic heterocycles. The molecular formula is C15H19FN2O4S. The van der Waals surface area contributed by atoms with Gasteiger partial charge in [0.2, 0.25) is 15.9 Å². The SMILES string of the molecule is COc1ccc(S(=O)(=O)N[C@@H]2CCC(=O)NC23CCC3)cc1F. The lowest BCUT2D eigenvalue weighted by Crippen LogP contribution is -2.68. The third-order valence-corrected chi connectivity index (χ3v) is 6.16. The van der Waals surface area contributed by atoms with Gasteiger partial charge in [-0.15, -0.1) is 0 Å². The van der Waals surface area contributed by atoms with Gasteiger partial charge < -0.3 is 10.1 Å². The second-order valence-electron chi connectivity index (χ2n) is 6.07. The van der Waals surface area contributed by atoms with Gasteiger partial charge in [0, 0.05) is 12.5 Å². The van der Waals surface area contributed by atoms with Gasteiger partial charge in [-0.2, -0.15) is 0 Å². The minimum Gasteiger partial charge on any atom is -0.494 e. The minimum absolute atomic E-state index is 0.00987. The fourth-order valence-electron chi connectivity index (χ4n) is 3.25. The molecule has 1 aromatic rings. The van der Waals surface area contributed by atoms with Gasteiger partial charge in [0.15, 0.2) is 11.6 Å². The van der Waals surface area contributed by atoms with E-state index in [1.165, 1.54) is 19.2 Å². The zero-order valence-electron chi connectivity index (χ0n) is 12.8. The summed E-state index contributed by atoms with van der Waals surface area (Å²) in [5.74, 6) is -0.786. The summed E-state index contributed by atoms with van der Waals surface area (Å²) in [6.45, 7) is 0. The summed E-state index contributed by atoms with van der Waals surface area (Å²) in [7, 11) is -2.55. The number of carbonyl (C=O) groups excluding carboxylic acids is 1. The van der Waals surface area contributed by atoms with E-state index in [2.05, 4.69) is 10.0 Å². The van der Waals surface area contributed by atoms with Crippen LogP contribution in [0.4, 0.5) is 4.39 Å². The molecule has 1 aliphatic carbocycles. The van der Waals surface area contributed by atoms with E-state index in [1.54, 1.807) is 0 Å². The van der Waals surface area contributed by atoms with Crippen molar-refractivity contribution in [2.75, 3.05) is 7.11 Å². The highest BCUT2D eigenvalue weighted by Gasteiger charge is 2.49. The molecule has 0 bridgehead atoms. The first-order chi connectivity index (χ1) is 10.9. The fourth-order valence-corrected chi connectivity index (χ4v) is 4.61. The van der Waals surface area contributed by atoms with E-state index in [-0.39, 0.29) is 29.0 Å².